The lowest BCUT2D eigenvalue weighted by Crippen LogP contribution is -2.55. The molecule has 34 heavy (non-hydrogen) atoms. The number of nitrogens with one attached hydrogen (secondary N) is 1. The van der Waals surface area contributed by atoms with Gasteiger partial charge in [-0.15, -0.1) is 0 Å². The highest BCUT2D eigenvalue weighted by atomic mass is 19.1. The number of aryl methyl sites for hydroxylation is 2. The molecule has 0 unspecified atom stereocenters. The number of methoxy groups -OCH3 is 1. The van der Waals surface area contributed by atoms with E-state index >= 15 is 4.39 Å². The van der Waals surface area contributed by atoms with Crippen molar-refractivity contribution < 1.29 is 22.8 Å². The summed E-state index contributed by atoms with van der Waals surface area (Å²) < 4.78 is 46.6. The fraction of sp³-hybridized carbons (Fsp3) is 0.542. The molecule has 0 aliphatic carbocycles. The van der Waals surface area contributed by atoms with E-state index in [0.29, 0.717) is 47.9 Å². The summed E-state index contributed by atoms with van der Waals surface area (Å²) in [5, 5.41) is 7.93. The number of rotatable bonds is 5. The normalized spacial score (nSPS) is 23.4. The highest BCUT2D eigenvalue weighted by Gasteiger charge is 2.34. The Morgan fingerprint density at radius 2 is 2.06 bits per heavy atom. The molecule has 4 heterocycles. The molecule has 3 atom stereocenters. The van der Waals surface area contributed by atoms with Gasteiger partial charge < -0.3 is 24.2 Å². The van der Waals surface area contributed by atoms with Crippen LogP contribution in [-0.2, 0) is 4.74 Å². The minimum Gasteiger partial charge on any atom is -0.497 e. The molecule has 8 nitrogen and oxygen atoms in total. The van der Waals surface area contributed by atoms with Crippen molar-refractivity contribution in [3.05, 3.63) is 29.3 Å². The van der Waals surface area contributed by atoms with Crippen LogP contribution in [0.4, 0.5) is 14.6 Å². The van der Waals surface area contributed by atoms with Gasteiger partial charge in [0.2, 0.25) is 0 Å². The van der Waals surface area contributed by atoms with Crippen LogP contribution < -0.4 is 15.0 Å². The van der Waals surface area contributed by atoms with Crippen molar-refractivity contribution in [1.29, 1.82) is 0 Å². The molecular formula is C24H29F2N5O3. The number of benzene rings is 1. The molecule has 0 saturated carbocycles. The van der Waals surface area contributed by atoms with Crippen LogP contribution in [0.15, 0.2) is 16.7 Å². The first-order valence-corrected chi connectivity index (χ1v) is 11.7. The number of fused-ring (bicyclic) bond motifs is 1. The van der Waals surface area contributed by atoms with Crippen LogP contribution in [0, 0.1) is 19.7 Å². The van der Waals surface area contributed by atoms with Gasteiger partial charge in [-0.1, -0.05) is 5.16 Å². The topological polar surface area (TPSA) is 85.5 Å². The number of nitrogens with zero attached hydrogens (tertiary/aromatic N) is 4. The number of alkyl halides is 1. The Morgan fingerprint density at radius 1 is 1.21 bits per heavy atom. The van der Waals surface area contributed by atoms with Gasteiger partial charge in [0.05, 0.1) is 25.8 Å². The lowest BCUT2D eigenvalue weighted by molar-refractivity contribution is 0.0588. The first-order chi connectivity index (χ1) is 16.4. The van der Waals surface area contributed by atoms with E-state index in [9.17, 15) is 4.39 Å². The maximum absolute atomic E-state index is 15.4. The van der Waals surface area contributed by atoms with Crippen LogP contribution in [0.5, 0.6) is 5.75 Å². The number of aromatic nitrogens is 3. The Labute approximate surface area is 196 Å². The smallest absolute Gasteiger partial charge is 0.261 e. The molecule has 3 aromatic rings. The molecule has 1 N–H and O–H groups in total. The second-order valence-electron chi connectivity index (χ2n) is 9.03. The van der Waals surface area contributed by atoms with Crippen LogP contribution in [0.2, 0.25) is 0 Å². The van der Waals surface area contributed by atoms with Crippen molar-refractivity contribution in [2.24, 2.45) is 0 Å². The highest BCUT2D eigenvalue weighted by Crippen LogP contribution is 2.39. The molecule has 5 rings (SSSR count). The molecule has 1 aromatic carbocycles. The molecule has 0 amide bonds. The van der Waals surface area contributed by atoms with Gasteiger partial charge in [0, 0.05) is 36.7 Å². The summed E-state index contributed by atoms with van der Waals surface area (Å²) in [6.07, 6.45) is 1.44. The van der Waals surface area contributed by atoms with Crippen molar-refractivity contribution >= 4 is 16.7 Å². The maximum Gasteiger partial charge on any atom is 0.261 e. The Morgan fingerprint density at radius 3 is 2.74 bits per heavy atom. The van der Waals surface area contributed by atoms with Crippen molar-refractivity contribution in [2.75, 3.05) is 38.3 Å². The minimum absolute atomic E-state index is 0.126. The standard InChI is InChI=1S/C24H29F2N5O3/c1-13-17-9-16(32-3)10-18(25)22(17)29-23(21(13)24-27-14(2)30-34-24)31-7-6-20(19(26)11-31)28-15-5-4-8-33-12-15/h9-10,15,19-20,28H,4-8,11-12H2,1-3H3/t15-,19+,20+/m1/s1. The minimum atomic E-state index is -1.12. The molecule has 2 aromatic heterocycles. The summed E-state index contributed by atoms with van der Waals surface area (Å²) in [6.45, 7) is 5.64. The van der Waals surface area contributed by atoms with Gasteiger partial charge in [-0.05, 0) is 44.7 Å². The van der Waals surface area contributed by atoms with Crippen LogP contribution in [0.1, 0.15) is 30.7 Å². The number of pyridine rings is 1. The number of anilines is 1. The van der Waals surface area contributed by atoms with E-state index in [1.165, 1.54) is 13.2 Å². The zero-order valence-electron chi connectivity index (χ0n) is 19.6. The van der Waals surface area contributed by atoms with Gasteiger partial charge in [0.1, 0.15) is 23.3 Å². The molecule has 2 aliphatic heterocycles. The number of halogens is 2. The number of hydrogen-bond acceptors (Lipinski definition) is 8. The summed E-state index contributed by atoms with van der Waals surface area (Å²) in [5.41, 5.74) is 1.50. The van der Waals surface area contributed by atoms with E-state index in [2.05, 4.69) is 20.4 Å². The Kier molecular flexibility index (Phi) is 6.35. The third-order valence-corrected chi connectivity index (χ3v) is 6.69. The molecule has 0 spiro atoms. The first kappa shape index (κ1) is 22.9. The summed E-state index contributed by atoms with van der Waals surface area (Å²) in [4.78, 5) is 10.9. The van der Waals surface area contributed by atoms with Crippen LogP contribution >= 0.6 is 0 Å². The SMILES string of the molecule is COc1cc(F)c2nc(N3CC[C@H](N[C@@H]4CCCOC4)[C@@H](F)C3)c(-c3nc(C)no3)c(C)c2c1. The first-order valence-electron chi connectivity index (χ1n) is 11.7. The highest BCUT2D eigenvalue weighted by molar-refractivity contribution is 5.93. The average molecular weight is 474 g/mol. The third-order valence-electron chi connectivity index (χ3n) is 6.69. The summed E-state index contributed by atoms with van der Waals surface area (Å²) in [7, 11) is 1.49. The van der Waals surface area contributed by atoms with Gasteiger partial charge in [-0.3, -0.25) is 0 Å². The number of piperidine rings is 1. The Hall–Kier alpha value is -2.85. The molecule has 2 fully saturated rings. The predicted octanol–water partition coefficient (Wildman–Crippen LogP) is 3.73. The Bertz CT molecular complexity index is 1180. The van der Waals surface area contributed by atoms with Crippen molar-refractivity contribution in [3.8, 4) is 17.2 Å². The fourth-order valence-corrected chi connectivity index (χ4v) is 4.90. The Balaban J connectivity index is 1.51. The van der Waals surface area contributed by atoms with Crippen LogP contribution in [0.3, 0.4) is 0 Å². The summed E-state index contributed by atoms with van der Waals surface area (Å²) >= 11 is 0. The van der Waals surface area contributed by atoms with Gasteiger partial charge >= 0.3 is 0 Å². The molecule has 0 bridgehead atoms. The monoisotopic (exact) mass is 473 g/mol. The number of hydrogen-bond donors (Lipinski definition) is 1. The van der Waals surface area contributed by atoms with E-state index < -0.39 is 12.0 Å². The van der Waals surface area contributed by atoms with Gasteiger partial charge in [-0.2, -0.15) is 4.98 Å². The lowest BCUT2D eigenvalue weighted by Gasteiger charge is -2.38. The van der Waals surface area contributed by atoms with E-state index in [-0.39, 0.29) is 30.0 Å². The van der Waals surface area contributed by atoms with Crippen molar-refractivity contribution in [1.82, 2.24) is 20.4 Å². The second-order valence-corrected chi connectivity index (χ2v) is 9.03. The van der Waals surface area contributed by atoms with Crippen LogP contribution in [-0.4, -0.2) is 66.8 Å². The zero-order valence-corrected chi connectivity index (χ0v) is 19.6. The van der Waals surface area contributed by atoms with Gasteiger partial charge in [0.15, 0.2) is 11.6 Å². The second kappa shape index (κ2) is 9.42. The maximum atomic E-state index is 15.4. The summed E-state index contributed by atoms with van der Waals surface area (Å²) in [6, 6.07) is 2.94. The quantitative estimate of drug-likeness (QED) is 0.600. The van der Waals surface area contributed by atoms with E-state index in [4.69, 9.17) is 14.0 Å². The van der Waals surface area contributed by atoms with Crippen LogP contribution in [0.25, 0.3) is 22.4 Å². The molecule has 10 heteroatoms. The van der Waals surface area contributed by atoms with Gasteiger partial charge in [0.25, 0.3) is 5.89 Å². The van der Waals surface area contributed by atoms with E-state index in [1.807, 2.05) is 11.8 Å². The fourth-order valence-electron chi connectivity index (χ4n) is 4.90. The average Bonchev–Trinajstić information content (AvgIpc) is 3.27. The zero-order chi connectivity index (χ0) is 23.8. The van der Waals surface area contributed by atoms with Crippen molar-refractivity contribution in [2.45, 2.75) is 51.4 Å². The molecule has 182 valence electrons. The van der Waals surface area contributed by atoms with Gasteiger partial charge in [-0.25, -0.2) is 13.8 Å². The largest absolute Gasteiger partial charge is 0.497 e. The lowest BCUT2D eigenvalue weighted by atomic mass is 9.98. The molecule has 2 saturated heterocycles. The molecular weight excluding hydrogens is 444 g/mol. The van der Waals surface area contributed by atoms with Crippen molar-refractivity contribution in [3.63, 3.8) is 0 Å². The molecule has 2 aliphatic rings. The summed E-state index contributed by atoms with van der Waals surface area (Å²) in [5.74, 6) is 1.08. The number of ether oxygens (including phenoxy) is 2. The molecule has 0 radical (unpaired) electrons. The third kappa shape index (κ3) is 4.32. The van der Waals surface area contributed by atoms with E-state index in [0.717, 1.165) is 25.0 Å². The van der Waals surface area contributed by atoms with E-state index in [1.54, 1.807) is 13.0 Å². The predicted molar refractivity (Wildman–Crippen MR) is 124 cm³/mol.